The van der Waals surface area contributed by atoms with Crippen LogP contribution in [0, 0.1) is 6.92 Å². The van der Waals surface area contributed by atoms with Crippen LogP contribution in [0.3, 0.4) is 0 Å². The molecule has 3 N–H and O–H groups in total. The average Bonchev–Trinajstić information content (AvgIpc) is 2.67. The standard InChI is InChI=1S/C22H22N4O2/c1-15-6-3-4-7-17(15)14-24-22(28)21-13-20(10-11-23-21)26-19-9-5-8-18(12-19)25-16(2)27/h3-13H,14H2,1-2H3,(H,23,26)(H,24,28)(H,25,27). The highest BCUT2D eigenvalue weighted by atomic mass is 16.2. The van der Waals surface area contributed by atoms with E-state index in [2.05, 4.69) is 20.9 Å². The minimum absolute atomic E-state index is 0.131. The van der Waals surface area contributed by atoms with Gasteiger partial charge >= 0.3 is 0 Å². The van der Waals surface area contributed by atoms with Crippen LogP contribution in [0.4, 0.5) is 17.1 Å². The minimum atomic E-state index is -0.237. The normalized spacial score (nSPS) is 10.2. The average molecular weight is 374 g/mol. The second kappa shape index (κ2) is 8.81. The van der Waals surface area contributed by atoms with E-state index < -0.39 is 0 Å². The second-order valence-electron chi connectivity index (χ2n) is 6.43. The molecular formula is C22H22N4O2. The van der Waals surface area contributed by atoms with Crippen LogP contribution in [-0.2, 0) is 11.3 Å². The number of anilines is 3. The van der Waals surface area contributed by atoms with Gasteiger partial charge in [0.1, 0.15) is 5.69 Å². The minimum Gasteiger partial charge on any atom is -0.355 e. The highest BCUT2D eigenvalue weighted by Crippen LogP contribution is 2.20. The molecule has 1 heterocycles. The SMILES string of the molecule is CC(=O)Nc1cccc(Nc2ccnc(C(=O)NCc3ccccc3C)c2)c1. The highest BCUT2D eigenvalue weighted by molar-refractivity contribution is 5.93. The van der Waals surface area contributed by atoms with E-state index >= 15 is 0 Å². The van der Waals surface area contributed by atoms with Crippen LogP contribution in [0.5, 0.6) is 0 Å². The van der Waals surface area contributed by atoms with Gasteiger partial charge in [0, 0.05) is 36.7 Å². The van der Waals surface area contributed by atoms with Crippen LogP contribution in [0.2, 0.25) is 0 Å². The van der Waals surface area contributed by atoms with Crippen molar-refractivity contribution in [2.75, 3.05) is 10.6 Å². The molecule has 0 aliphatic rings. The van der Waals surface area contributed by atoms with Crippen LogP contribution >= 0.6 is 0 Å². The zero-order valence-corrected chi connectivity index (χ0v) is 15.8. The third-order valence-corrected chi connectivity index (χ3v) is 4.16. The van der Waals surface area contributed by atoms with Crippen LogP contribution < -0.4 is 16.0 Å². The molecular weight excluding hydrogens is 352 g/mol. The van der Waals surface area contributed by atoms with Crippen molar-refractivity contribution >= 4 is 28.9 Å². The largest absolute Gasteiger partial charge is 0.355 e. The Labute approximate surface area is 164 Å². The van der Waals surface area contributed by atoms with Crippen molar-refractivity contribution in [1.29, 1.82) is 0 Å². The van der Waals surface area contributed by atoms with Gasteiger partial charge in [-0.25, -0.2) is 0 Å². The lowest BCUT2D eigenvalue weighted by molar-refractivity contribution is -0.114. The van der Waals surface area contributed by atoms with Gasteiger partial charge in [-0.05, 0) is 48.4 Å². The third-order valence-electron chi connectivity index (χ3n) is 4.16. The summed E-state index contributed by atoms with van der Waals surface area (Å²) in [5, 5.41) is 8.87. The zero-order chi connectivity index (χ0) is 19.9. The first-order valence-corrected chi connectivity index (χ1v) is 8.95. The van der Waals surface area contributed by atoms with Gasteiger partial charge in [0.25, 0.3) is 5.91 Å². The molecule has 0 fully saturated rings. The Bertz CT molecular complexity index is 1000. The number of hydrogen-bond donors (Lipinski definition) is 3. The Hall–Kier alpha value is -3.67. The Morgan fingerprint density at radius 3 is 2.46 bits per heavy atom. The first kappa shape index (κ1) is 19.1. The molecule has 0 radical (unpaired) electrons. The molecule has 142 valence electrons. The highest BCUT2D eigenvalue weighted by Gasteiger charge is 2.09. The summed E-state index contributed by atoms with van der Waals surface area (Å²) in [4.78, 5) is 27.8. The molecule has 6 nitrogen and oxygen atoms in total. The van der Waals surface area contributed by atoms with Crippen molar-refractivity contribution < 1.29 is 9.59 Å². The van der Waals surface area contributed by atoms with E-state index in [0.29, 0.717) is 17.9 Å². The maximum atomic E-state index is 12.5. The Balaban J connectivity index is 1.67. The molecule has 0 atom stereocenters. The quantitative estimate of drug-likeness (QED) is 0.608. The maximum absolute atomic E-state index is 12.5. The lowest BCUT2D eigenvalue weighted by Crippen LogP contribution is -2.24. The van der Waals surface area contributed by atoms with Gasteiger partial charge in [0.05, 0.1) is 0 Å². The fourth-order valence-corrected chi connectivity index (χ4v) is 2.75. The molecule has 2 amide bonds. The zero-order valence-electron chi connectivity index (χ0n) is 15.8. The number of aryl methyl sites for hydroxylation is 1. The molecule has 0 spiro atoms. The van der Waals surface area contributed by atoms with Crippen LogP contribution in [-0.4, -0.2) is 16.8 Å². The Morgan fingerprint density at radius 2 is 1.68 bits per heavy atom. The lowest BCUT2D eigenvalue weighted by atomic mass is 10.1. The van der Waals surface area contributed by atoms with Gasteiger partial charge in [-0.3, -0.25) is 14.6 Å². The second-order valence-corrected chi connectivity index (χ2v) is 6.43. The summed E-state index contributed by atoms with van der Waals surface area (Å²) in [6.07, 6.45) is 1.59. The van der Waals surface area contributed by atoms with Gasteiger partial charge in [-0.15, -0.1) is 0 Å². The number of nitrogens with one attached hydrogen (secondary N) is 3. The monoisotopic (exact) mass is 374 g/mol. The number of aromatic nitrogens is 1. The van der Waals surface area contributed by atoms with E-state index in [4.69, 9.17) is 0 Å². The summed E-state index contributed by atoms with van der Waals surface area (Å²) in [6, 6.07) is 18.7. The summed E-state index contributed by atoms with van der Waals surface area (Å²) in [7, 11) is 0. The molecule has 3 aromatic rings. The van der Waals surface area contributed by atoms with Gasteiger partial charge in [0.2, 0.25) is 5.91 Å². The smallest absolute Gasteiger partial charge is 0.270 e. The summed E-state index contributed by atoms with van der Waals surface area (Å²) < 4.78 is 0. The van der Waals surface area contributed by atoms with Crippen molar-refractivity contribution in [2.45, 2.75) is 20.4 Å². The molecule has 28 heavy (non-hydrogen) atoms. The molecule has 0 bridgehead atoms. The Kier molecular flexibility index (Phi) is 6.01. The van der Waals surface area contributed by atoms with Crippen molar-refractivity contribution in [3.05, 3.63) is 83.7 Å². The third kappa shape index (κ3) is 5.17. The first-order valence-electron chi connectivity index (χ1n) is 8.95. The van der Waals surface area contributed by atoms with Crippen molar-refractivity contribution in [2.24, 2.45) is 0 Å². The van der Waals surface area contributed by atoms with Gasteiger partial charge < -0.3 is 16.0 Å². The van der Waals surface area contributed by atoms with Crippen molar-refractivity contribution in [1.82, 2.24) is 10.3 Å². The summed E-state index contributed by atoms with van der Waals surface area (Å²) in [5.74, 6) is -0.368. The Morgan fingerprint density at radius 1 is 0.929 bits per heavy atom. The number of rotatable bonds is 6. The van der Waals surface area contributed by atoms with Crippen molar-refractivity contribution in [3.8, 4) is 0 Å². The number of hydrogen-bond acceptors (Lipinski definition) is 4. The fraction of sp³-hybridized carbons (Fsp3) is 0.136. The first-order chi connectivity index (χ1) is 13.5. The lowest BCUT2D eigenvalue weighted by Gasteiger charge is -2.11. The van der Waals surface area contributed by atoms with Gasteiger partial charge in [-0.1, -0.05) is 30.3 Å². The summed E-state index contributed by atoms with van der Waals surface area (Å²) in [5.41, 5.74) is 4.75. The van der Waals surface area contributed by atoms with E-state index in [1.165, 1.54) is 6.92 Å². The molecule has 0 aliphatic carbocycles. The van der Waals surface area contributed by atoms with Crippen LogP contribution in [0.25, 0.3) is 0 Å². The number of carbonyl (C=O) groups excluding carboxylic acids is 2. The molecule has 0 aliphatic heterocycles. The van der Waals surface area contributed by atoms with E-state index in [0.717, 1.165) is 22.5 Å². The molecule has 3 rings (SSSR count). The number of carbonyl (C=O) groups is 2. The number of pyridine rings is 1. The van der Waals surface area contributed by atoms with Crippen molar-refractivity contribution in [3.63, 3.8) is 0 Å². The maximum Gasteiger partial charge on any atom is 0.270 e. The fourth-order valence-electron chi connectivity index (χ4n) is 2.75. The van der Waals surface area contributed by atoms with E-state index in [1.807, 2.05) is 55.5 Å². The molecule has 1 aromatic heterocycles. The summed E-state index contributed by atoms with van der Waals surface area (Å²) in [6.45, 7) is 3.92. The molecule has 2 aromatic carbocycles. The summed E-state index contributed by atoms with van der Waals surface area (Å²) >= 11 is 0. The number of amides is 2. The topological polar surface area (TPSA) is 83.1 Å². The van der Waals surface area contributed by atoms with E-state index in [9.17, 15) is 9.59 Å². The van der Waals surface area contributed by atoms with E-state index in [1.54, 1.807) is 18.3 Å². The molecule has 0 saturated heterocycles. The predicted molar refractivity (Wildman–Crippen MR) is 111 cm³/mol. The van der Waals surface area contributed by atoms with E-state index in [-0.39, 0.29) is 11.8 Å². The van der Waals surface area contributed by atoms with Crippen LogP contribution in [0.15, 0.2) is 66.9 Å². The van der Waals surface area contributed by atoms with Gasteiger partial charge in [-0.2, -0.15) is 0 Å². The van der Waals surface area contributed by atoms with Gasteiger partial charge in [0.15, 0.2) is 0 Å². The van der Waals surface area contributed by atoms with Crippen LogP contribution in [0.1, 0.15) is 28.5 Å². The molecule has 6 heteroatoms. The number of nitrogens with zero attached hydrogens (tertiary/aromatic N) is 1. The molecule has 0 unspecified atom stereocenters. The molecule has 0 saturated carbocycles. The predicted octanol–water partition coefficient (Wildman–Crippen LogP) is 4.02. The number of benzene rings is 2.